The maximum absolute atomic E-state index is 13.0. The lowest BCUT2D eigenvalue weighted by atomic mass is 9.99. The van der Waals surface area contributed by atoms with E-state index in [2.05, 4.69) is 10.9 Å². The van der Waals surface area contributed by atoms with E-state index in [0.717, 1.165) is 44.2 Å². The zero-order valence-corrected chi connectivity index (χ0v) is 14.1. The van der Waals surface area contributed by atoms with Gasteiger partial charge in [0.15, 0.2) is 0 Å². The summed E-state index contributed by atoms with van der Waals surface area (Å²) < 4.78 is 13.0. The third kappa shape index (κ3) is 5.59. The molecule has 2 unspecified atom stereocenters. The van der Waals surface area contributed by atoms with Gasteiger partial charge in [-0.2, -0.15) is 0 Å². The molecule has 0 saturated carbocycles. The molecule has 1 heterocycles. The van der Waals surface area contributed by atoms with Crippen molar-refractivity contribution in [2.24, 2.45) is 0 Å². The van der Waals surface area contributed by atoms with Crippen LogP contribution in [0.5, 0.6) is 0 Å². The summed E-state index contributed by atoms with van der Waals surface area (Å²) in [5.41, 5.74) is 7.76. The topological polar surface area (TPSA) is 44.4 Å². The van der Waals surface area contributed by atoms with Gasteiger partial charge in [-0.1, -0.05) is 31.9 Å². The first-order chi connectivity index (χ1) is 11.1. The molecule has 2 N–H and O–H groups in total. The first kappa shape index (κ1) is 17.9. The molecule has 1 aromatic rings. The first-order valence-corrected chi connectivity index (χ1v) is 8.60. The van der Waals surface area contributed by atoms with Crippen molar-refractivity contribution in [3.63, 3.8) is 0 Å². The minimum absolute atomic E-state index is 0.192. The Morgan fingerprint density at radius 2 is 1.96 bits per heavy atom. The van der Waals surface area contributed by atoms with Crippen molar-refractivity contribution in [2.45, 2.75) is 57.5 Å². The Morgan fingerprint density at radius 1 is 1.22 bits per heavy atom. The molecule has 0 aliphatic carbocycles. The quantitative estimate of drug-likeness (QED) is 0.723. The summed E-state index contributed by atoms with van der Waals surface area (Å²) >= 11 is 0. The van der Waals surface area contributed by atoms with Crippen molar-refractivity contribution >= 4 is 5.91 Å². The van der Waals surface area contributed by atoms with Gasteiger partial charge in [0.2, 0.25) is 5.91 Å². The van der Waals surface area contributed by atoms with E-state index < -0.39 is 0 Å². The van der Waals surface area contributed by atoms with E-state index in [9.17, 15) is 9.18 Å². The number of nitrogens with zero attached hydrogens (tertiary/aromatic N) is 1. The van der Waals surface area contributed by atoms with Gasteiger partial charge in [-0.15, -0.1) is 0 Å². The van der Waals surface area contributed by atoms with Crippen LogP contribution in [0.2, 0.25) is 0 Å². The lowest BCUT2D eigenvalue weighted by Crippen LogP contribution is -2.30. The lowest BCUT2D eigenvalue weighted by molar-refractivity contribution is -0.129. The van der Waals surface area contributed by atoms with E-state index in [1.807, 2.05) is 31.0 Å². The van der Waals surface area contributed by atoms with Gasteiger partial charge < -0.3 is 4.90 Å². The van der Waals surface area contributed by atoms with Gasteiger partial charge in [0.1, 0.15) is 5.82 Å². The Balaban J connectivity index is 1.61. The van der Waals surface area contributed by atoms with Crippen molar-refractivity contribution < 1.29 is 9.18 Å². The summed E-state index contributed by atoms with van der Waals surface area (Å²) in [6, 6.07) is 7.43. The van der Waals surface area contributed by atoms with Crippen molar-refractivity contribution in [1.82, 2.24) is 15.8 Å². The normalized spacial score (nSPS) is 20.7. The number of hydrogen-bond acceptors (Lipinski definition) is 3. The van der Waals surface area contributed by atoms with Gasteiger partial charge in [-0.3, -0.25) is 15.6 Å². The zero-order chi connectivity index (χ0) is 16.7. The van der Waals surface area contributed by atoms with Gasteiger partial charge in [-0.25, -0.2) is 4.39 Å². The summed E-state index contributed by atoms with van der Waals surface area (Å²) in [7, 11) is 1.88. The van der Waals surface area contributed by atoms with Crippen molar-refractivity contribution in [3.05, 3.63) is 35.6 Å². The second-order valence-corrected chi connectivity index (χ2v) is 6.34. The molecular weight excluding hydrogens is 293 g/mol. The van der Waals surface area contributed by atoms with E-state index in [-0.39, 0.29) is 17.8 Å². The van der Waals surface area contributed by atoms with Crippen LogP contribution >= 0.6 is 0 Å². The molecule has 23 heavy (non-hydrogen) atoms. The fourth-order valence-electron chi connectivity index (χ4n) is 3.04. The summed E-state index contributed by atoms with van der Waals surface area (Å²) in [5, 5.41) is 0. The molecule has 4 nitrogen and oxygen atoms in total. The van der Waals surface area contributed by atoms with Gasteiger partial charge in [0, 0.05) is 32.1 Å². The molecule has 0 bridgehead atoms. The summed E-state index contributed by atoms with van der Waals surface area (Å²) in [6.45, 7) is 2.75. The van der Waals surface area contributed by atoms with Gasteiger partial charge >= 0.3 is 0 Å². The monoisotopic (exact) mass is 321 g/mol. The van der Waals surface area contributed by atoms with Crippen LogP contribution in [0, 0.1) is 5.82 Å². The average Bonchev–Trinajstić information content (AvgIpc) is 3.03. The highest BCUT2D eigenvalue weighted by atomic mass is 19.1. The number of hydrogen-bond donors (Lipinski definition) is 2. The average molecular weight is 321 g/mol. The Bertz CT molecular complexity index is 492. The maximum Gasteiger partial charge on any atom is 0.222 e. The molecule has 1 fully saturated rings. The molecule has 1 aliphatic heterocycles. The highest BCUT2D eigenvalue weighted by Gasteiger charge is 2.24. The molecule has 1 saturated heterocycles. The Labute approximate surface area is 138 Å². The maximum atomic E-state index is 13.0. The number of halogens is 1. The number of benzene rings is 1. The largest absolute Gasteiger partial charge is 0.346 e. The number of rotatable bonds is 8. The van der Waals surface area contributed by atoms with Gasteiger partial charge in [0.25, 0.3) is 0 Å². The molecule has 1 aromatic carbocycles. The van der Waals surface area contributed by atoms with Crippen LogP contribution in [0.15, 0.2) is 24.3 Å². The highest BCUT2D eigenvalue weighted by Crippen LogP contribution is 2.24. The van der Waals surface area contributed by atoms with Crippen molar-refractivity contribution in [2.75, 3.05) is 13.6 Å². The van der Waals surface area contributed by atoms with Crippen LogP contribution in [0.25, 0.3) is 0 Å². The molecule has 128 valence electrons. The molecule has 1 aliphatic rings. The van der Waals surface area contributed by atoms with E-state index in [0.29, 0.717) is 12.5 Å². The fraction of sp³-hybridized carbons (Fsp3) is 0.611. The van der Waals surface area contributed by atoms with Gasteiger partial charge in [-0.05, 0) is 37.0 Å². The lowest BCUT2D eigenvalue weighted by Gasteiger charge is -2.16. The molecule has 2 rings (SSSR count). The summed E-state index contributed by atoms with van der Waals surface area (Å²) in [5.74, 6) is 0.0246. The number of amides is 1. The number of carbonyl (C=O) groups excluding carboxylic acids is 1. The van der Waals surface area contributed by atoms with Crippen LogP contribution in [-0.4, -0.2) is 30.4 Å². The smallest absolute Gasteiger partial charge is 0.222 e. The van der Waals surface area contributed by atoms with Crippen LogP contribution in [-0.2, 0) is 4.79 Å². The predicted octanol–water partition coefficient (Wildman–Crippen LogP) is 3.16. The van der Waals surface area contributed by atoms with E-state index in [1.54, 1.807) is 0 Å². The molecule has 0 radical (unpaired) electrons. The molecular formula is C18H28FN3O. The summed E-state index contributed by atoms with van der Waals surface area (Å²) in [6.07, 6.45) is 6.09. The fourth-order valence-corrected chi connectivity index (χ4v) is 3.04. The van der Waals surface area contributed by atoms with E-state index in [4.69, 9.17) is 0 Å². The third-order valence-corrected chi connectivity index (χ3v) is 4.53. The van der Waals surface area contributed by atoms with E-state index >= 15 is 0 Å². The van der Waals surface area contributed by atoms with Crippen LogP contribution in [0.1, 0.15) is 57.1 Å². The number of hydrazine groups is 1. The second-order valence-electron chi connectivity index (χ2n) is 6.34. The third-order valence-electron chi connectivity index (χ3n) is 4.53. The first-order valence-electron chi connectivity index (χ1n) is 8.60. The molecule has 2 atom stereocenters. The minimum atomic E-state index is -0.192. The number of unbranched alkanes of at least 4 members (excludes halogenated alkanes) is 2. The number of carbonyl (C=O) groups is 1. The zero-order valence-electron chi connectivity index (χ0n) is 14.1. The number of nitrogens with one attached hydrogen (secondary N) is 2. The Hall–Kier alpha value is -1.46. The highest BCUT2D eigenvalue weighted by molar-refractivity contribution is 5.75. The SMILES string of the molecule is CCC(=O)N(C)CCCCCC1CC(c2ccc(F)cc2)NN1. The van der Waals surface area contributed by atoms with E-state index in [1.165, 1.54) is 12.1 Å². The van der Waals surface area contributed by atoms with Gasteiger partial charge in [0.05, 0.1) is 0 Å². The van der Waals surface area contributed by atoms with Crippen molar-refractivity contribution in [3.8, 4) is 0 Å². The molecule has 0 aromatic heterocycles. The van der Waals surface area contributed by atoms with Crippen molar-refractivity contribution in [1.29, 1.82) is 0 Å². The van der Waals surface area contributed by atoms with Crippen LogP contribution in [0.3, 0.4) is 0 Å². The summed E-state index contributed by atoms with van der Waals surface area (Å²) in [4.78, 5) is 13.3. The molecule has 0 spiro atoms. The molecule has 5 heteroatoms. The van der Waals surface area contributed by atoms with Crippen LogP contribution in [0.4, 0.5) is 4.39 Å². The minimum Gasteiger partial charge on any atom is -0.346 e. The Morgan fingerprint density at radius 3 is 2.65 bits per heavy atom. The molecule has 1 amide bonds. The Kier molecular flexibility index (Phi) is 6.99. The second kappa shape index (κ2) is 8.99. The predicted molar refractivity (Wildman–Crippen MR) is 90.2 cm³/mol. The standard InChI is InChI=1S/C18H28FN3O/c1-3-18(23)22(2)12-6-4-5-7-16-13-17(21-20-16)14-8-10-15(19)11-9-14/h8-11,16-17,20-21H,3-7,12-13H2,1-2H3. The van der Waals surface area contributed by atoms with Crippen LogP contribution < -0.4 is 10.9 Å².